The largest absolute Gasteiger partial charge is 0.490 e. The van der Waals surface area contributed by atoms with E-state index in [0.717, 1.165) is 30.9 Å². The highest BCUT2D eigenvalue weighted by atomic mass is 16.5. The van der Waals surface area contributed by atoms with E-state index in [1.54, 1.807) is 0 Å². The molecule has 0 unspecified atom stereocenters. The van der Waals surface area contributed by atoms with Gasteiger partial charge in [-0.2, -0.15) is 0 Å². The van der Waals surface area contributed by atoms with E-state index in [4.69, 9.17) is 10.5 Å². The Morgan fingerprint density at radius 2 is 2.11 bits per heavy atom. The molecule has 0 spiro atoms. The number of nitrogens with zero attached hydrogens (tertiary/aromatic N) is 1. The molecule has 5 heteroatoms. The molecule has 1 amide bonds. The van der Waals surface area contributed by atoms with Gasteiger partial charge in [-0.05, 0) is 24.7 Å². The maximum absolute atomic E-state index is 11.3. The Bertz CT molecular complexity index is 470. The molecule has 0 bridgehead atoms. The first-order chi connectivity index (χ1) is 9.13. The van der Waals surface area contributed by atoms with Crippen molar-refractivity contribution in [3.8, 4) is 5.75 Å². The molecule has 0 radical (unpaired) electrons. The molecule has 104 valence electrons. The molecular weight excluding hydrogens is 242 g/mol. The van der Waals surface area contributed by atoms with Gasteiger partial charge in [0.05, 0.1) is 12.1 Å². The van der Waals surface area contributed by atoms with Crippen LogP contribution < -0.4 is 15.8 Å². The normalized spacial score (nSPS) is 13.5. The van der Waals surface area contributed by atoms with Crippen molar-refractivity contribution < 1.29 is 9.53 Å². The maximum atomic E-state index is 11.3. The van der Waals surface area contributed by atoms with Crippen LogP contribution in [0, 0.1) is 0 Å². The van der Waals surface area contributed by atoms with Crippen LogP contribution in [0.1, 0.15) is 19.4 Å². The number of ether oxygens (including phenoxy) is 1. The zero-order valence-electron chi connectivity index (χ0n) is 11.5. The summed E-state index contributed by atoms with van der Waals surface area (Å²) >= 11 is 0. The third kappa shape index (κ3) is 3.17. The van der Waals surface area contributed by atoms with E-state index in [-0.39, 0.29) is 5.91 Å². The van der Waals surface area contributed by atoms with Crippen molar-refractivity contribution in [1.82, 2.24) is 4.90 Å². The number of carbonyl (C=O) groups is 1. The molecular formula is C14H21N3O2. The minimum atomic E-state index is 0.00897. The van der Waals surface area contributed by atoms with Gasteiger partial charge in [0, 0.05) is 18.3 Å². The van der Waals surface area contributed by atoms with Gasteiger partial charge in [0.15, 0.2) is 0 Å². The van der Waals surface area contributed by atoms with Crippen molar-refractivity contribution in [3.63, 3.8) is 0 Å². The van der Waals surface area contributed by atoms with Crippen LogP contribution in [0.3, 0.4) is 0 Å². The third-order valence-corrected chi connectivity index (χ3v) is 3.42. The van der Waals surface area contributed by atoms with E-state index < -0.39 is 0 Å². The minimum absolute atomic E-state index is 0.00897. The number of amides is 1. The molecule has 5 nitrogen and oxygen atoms in total. The molecule has 0 saturated carbocycles. The first-order valence-electron chi connectivity index (χ1n) is 6.71. The second-order valence-corrected chi connectivity index (χ2v) is 4.65. The highest BCUT2D eigenvalue weighted by Crippen LogP contribution is 2.32. The van der Waals surface area contributed by atoms with Gasteiger partial charge >= 0.3 is 0 Å². The summed E-state index contributed by atoms with van der Waals surface area (Å²) in [5.74, 6) is 0.655. The molecule has 1 heterocycles. The highest BCUT2D eigenvalue weighted by Gasteiger charge is 2.19. The Balaban J connectivity index is 1.98. The lowest BCUT2D eigenvalue weighted by atomic mass is 10.1. The average Bonchev–Trinajstić information content (AvgIpc) is 2.74. The molecule has 0 aliphatic carbocycles. The summed E-state index contributed by atoms with van der Waals surface area (Å²) in [6.45, 7) is 7.74. The van der Waals surface area contributed by atoms with E-state index in [1.165, 1.54) is 0 Å². The molecule has 19 heavy (non-hydrogen) atoms. The van der Waals surface area contributed by atoms with Crippen LogP contribution in [0.2, 0.25) is 0 Å². The first-order valence-corrected chi connectivity index (χ1v) is 6.71. The van der Waals surface area contributed by atoms with Crippen LogP contribution in [0.25, 0.3) is 0 Å². The molecule has 1 aliphatic heterocycles. The van der Waals surface area contributed by atoms with E-state index in [9.17, 15) is 4.79 Å². The fraction of sp³-hybridized carbons (Fsp3) is 0.500. The molecule has 0 atom stereocenters. The zero-order chi connectivity index (χ0) is 13.8. The standard InChI is InChI=1S/C14H21N3O2/c1-3-17(4-2)5-6-19-13-9-12-10(7-11(13)15)8-14(18)16-12/h7,9H,3-6,8,15H2,1-2H3,(H,16,18). The lowest BCUT2D eigenvalue weighted by molar-refractivity contribution is -0.115. The van der Waals surface area contributed by atoms with Crippen molar-refractivity contribution in [2.75, 3.05) is 37.3 Å². The van der Waals surface area contributed by atoms with Gasteiger partial charge in [0.25, 0.3) is 0 Å². The van der Waals surface area contributed by atoms with Crippen LogP contribution in [-0.4, -0.2) is 37.0 Å². The SMILES string of the molecule is CCN(CC)CCOc1cc2c(cc1N)CC(=O)N2. The molecule has 1 aliphatic rings. The zero-order valence-corrected chi connectivity index (χ0v) is 11.5. The van der Waals surface area contributed by atoms with Crippen LogP contribution in [0.4, 0.5) is 11.4 Å². The van der Waals surface area contributed by atoms with E-state index >= 15 is 0 Å². The number of anilines is 2. The number of rotatable bonds is 6. The molecule has 2 rings (SSSR count). The van der Waals surface area contributed by atoms with Gasteiger partial charge < -0.3 is 20.7 Å². The smallest absolute Gasteiger partial charge is 0.228 e. The minimum Gasteiger partial charge on any atom is -0.490 e. The number of nitrogen functional groups attached to an aromatic ring is 1. The van der Waals surface area contributed by atoms with Crippen LogP contribution in [-0.2, 0) is 11.2 Å². The summed E-state index contributed by atoms with van der Waals surface area (Å²) in [6.07, 6.45) is 0.402. The Morgan fingerprint density at radius 3 is 2.79 bits per heavy atom. The number of nitrogens with two attached hydrogens (primary N) is 1. The molecule has 1 aromatic carbocycles. The van der Waals surface area contributed by atoms with E-state index in [1.807, 2.05) is 12.1 Å². The lowest BCUT2D eigenvalue weighted by Crippen LogP contribution is -2.28. The number of carbonyl (C=O) groups excluding carboxylic acids is 1. The average molecular weight is 263 g/mol. The second-order valence-electron chi connectivity index (χ2n) is 4.65. The number of likely N-dealkylation sites (N-methyl/N-ethyl adjacent to an activating group) is 1. The number of fused-ring (bicyclic) bond motifs is 1. The summed E-state index contributed by atoms with van der Waals surface area (Å²) in [5, 5.41) is 2.80. The van der Waals surface area contributed by atoms with Crippen LogP contribution in [0.15, 0.2) is 12.1 Å². The van der Waals surface area contributed by atoms with Gasteiger partial charge in [-0.15, -0.1) is 0 Å². The Labute approximate surface area is 113 Å². The fourth-order valence-corrected chi connectivity index (χ4v) is 2.22. The van der Waals surface area contributed by atoms with Crippen LogP contribution >= 0.6 is 0 Å². The lowest BCUT2D eigenvalue weighted by Gasteiger charge is -2.18. The summed E-state index contributed by atoms with van der Waals surface area (Å²) in [6, 6.07) is 3.64. The fourth-order valence-electron chi connectivity index (χ4n) is 2.22. The van der Waals surface area contributed by atoms with Crippen LogP contribution in [0.5, 0.6) is 5.75 Å². The molecule has 0 aromatic heterocycles. The van der Waals surface area contributed by atoms with Gasteiger partial charge in [0.2, 0.25) is 5.91 Å². The Morgan fingerprint density at radius 1 is 1.37 bits per heavy atom. The molecule has 1 aromatic rings. The van der Waals surface area contributed by atoms with Gasteiger partial charge in [-0.25, -0.2) is 0 Å². The van der Waals surface area contributed by atoms with E-state index in [0.29, 0.717) is 24.5 Å². The van der Waals surface area contributed by atoms with Crippen molar-refractivity contribution in [3.05, 3.63) is 17.7 Å². The van der Waals surface area contributed by atoms with Crippen molar-refractivity contribution >= 4 is 17.3 Å². The monoisotopic (exact) mass is 263 g/mol. The quantitative estimate of drug-likeness (QED) is 0.763. The summed E-state index contributed by atoms with van der Waals surface area (Å²) in [4.78, 5) is 13.6. The number of hydrogen-bond acceptors (Lipinski definition) is 4. The third-order valence-electron chi connectivity index (χ3n) is 3.42. The Kier molecular flexibility index (Phi) is 4.27. The summed E-state index contributed by atoms with van der Waals surface area (Å²) in [7, 11) is 0. The second kappa shape index (κ2) is 5.93. The van der Waals surface area contributed by atoms with Gasteiger partial charge in [0.1, 0.15) is 12.4 Å². The number of benzene rings is 1. The molecule has 0 fully saturated rings. The highest BCUT2D eigenvalue weighted by molar-refractivity contribution is 6.00. The molecule has 3 N–H and O–H groups in total. The number of nitrogens with one attached hydrogen (secondary N) is 1. The Hall–Kier alpha value is -1.75. The first kappa shape index (κ1) is 13.7. The predicted molar refractivity (Wildman–Crippen MR) is 76.5 cm³/mol. The van der Waals surface area contributed by atoms with Gasteiger partial charge in [-0.3, -0.25) is 4.79 Å². The topological polar surface area (TPSA) is 67.6 Å². The van der Waals surface area contributed by atoms with E-state index in [2.05, 4.69) is 24.1 Å². The van der Waals surface area contributed by atoms with Gasteiger partial charge in [-0.1, -0.05) is 13.8 Å². The molecule has 0 saturated heterocycles. The summed E-state index contributed by atoms with van der Waals surface area (Å²) in [5.41, 5.74) is 8.30. The number of hydrogen-bond donors (Lipinski definition) is 2. The maximum Gasteiger partial charge on any atom is 0.228 e. The van der Waals surface area contributed by atoms with Crippen molar-refractivity contribution in [1.29, 1.82) is 0 Å². The predicted octanol–water partition coefficient (Wildman–Crippen LogP) is 1.48. The summed E-state index contributed by atoms with van der Waals surface area (Å²) < 4.78 is 5.71. The van der Waals surface area contributed by atoms with Crippen molar-refractivity contribution in [2.24, 2.45) is 0 Å². The van der Waals surface area contributed by atoms with Crippen molar-refractivity contribution in [2.45, 2.75) is 20.3 Å².